The lowest BCUT2D eigenvalue weighted by molar-refractivity contribution is -0.154. The number of unbranched alkanes of at least 4 members (excludes halogenated alkanes) is 9. The van der Waals surface area contributed by atoms with Crippen molar-refractivity contribution in [2.75, 3.05) is 26.3 Å². The van der Waals surface area contributed by atoms with Crippen molar-refractivity contribution in [2.45, 2.75) is 130 Å². The Hall–Kier alpha value is -0.610. The van der Waals surface area contributed by atoms with Crippen LogP contribution in [0.4, 0.5) is 0 Å². The molecule has 0 aromatic heterocycles. The zero-order valence-electron chi connectivity index (χ0n) is 21.5. The van der Waals surface area contributed by atoms with Gasteiger partial charge in [0.1, 0.15) is 0 Å². The maximum atomic E-state index is 12.6. The van der Waals surface area contributed by atoms with E-state index in [1.165, 1.54) is 70.6 Å². The fourth-order valence-electron chi connectivity index (χ4n) is 4.14. The normalized spacial score (nSPS) is 11.9. The Morgan fingerprint density at radius 3 is 1.97 bits per heavy atom. The summed E-state index contributed by atoms with van der Waals surface area (Å²) in [5, 5.41) is 12.0. The molecule has 0 bridgehead atoms. The quantitative estimate of drug-likeness (QED) is 0.132. The molecular formula is C27H55NO3. The highest BCUT2D eigenvalue weighted by atomic mass is 16.5. The Labute approximate surface area is 194 Å². The molecule has 0 aromatic carbocycles. The predicted molar refractivity (Wildman–Crippen MR) is 133 cm³/mol. The summed E-state index contributed by atoms with van der Waals surface area (Å²) in [6.07, 6.45) is 19.6. The van der Waals surface area contributed by atoms with Gasteiger partial charge in [0.2, 0.25) is 0 Å². The van der Waals surface area contributed by atoms with Gasteiger partial charge < -0.3 is 15.2 Å². The van der Waals surface area contributed by atoms with E-state index in [-0.39, 0.29) is 18.0 Å². The van der Waals surface area contributed by atoms with E-state index < -0.39 is 0 Å². The van der Waals surface area contributed by atoms with Gasteiger partial charge in [-0.05, 0) is 45.6 Å². The van der Waals surface area contributed by atoms with Crippen LogP contribution in [0.5, 0.6) is 0 Å². The first-order valence-electron chi connectivity index (χ1n) is 13.5. The molecule has 0 atom stereocenters. The van der Waals surface area contributed by atoms with E-state index in [2.05, 4.69) is 19.2 Å². The molecule has 0 rings (SSSR count). The van der Waals surface area contributed by atoms with Gasteiger partial charge in [0.25, 0.3) is 0 Å². The van der Waals surface area contributed by atoms with Gasteiger partial charge in [-0.2, -0.15) is 0 Å². The van der Waals surface area contributed by atoms with Gasteiger partial charge in [0, 0.05) is 6.54 Å². The lowest BCUT2D eigenvalue weighted by Crippen LogP contribution is -2.27. The minimum absolute atomic E-state index is 0.0205. The monoisotopic (exact) mass is 441 g/mol. The third-order valence-corrected chi connectivity index (χ3v) is 6.44. The Bertz CT molecular complexity index is 386. The molecule has 0 aliphatic rings. The number of rotatable bonds is 23. The second-order valence-electron chi connectivity index (χ2n) is 10.0. The Morgan fingerprint density at radius 1 is 0.806 bits per heavy atom. The summed E-state index contributed by atoms with van der Waals surface area (Å²) in [4.78, 5) is 12.6. The average molecular weight is 442 g/mol. The van der Waals surface area contributed by atoms with Crippen LogP contribution in [0, 0.1) is 11.3 Å². The van der Waals surface area contributed by atoms with Crippen molar-refractivity contribution in [1.82, 2.24) is 5.32 Å². The smallest absolute Gasteiger partial charge is 0.311 e. The molecule has 0 fully saturated rings. The SMILES string of the molecule is CCCCCCC(CCCCCC)CCOC(=O)C(C)(C)CCCCCCNCCO. The van der Waals surface area contributed by atoms with Crippen LogP contribution in [0.15, 0.2) is 0 Å². The molecule has 0 unspecified atom stereocenters. The van der Waals surface area contributed by atoms with Gasteiger partial charge in [0.05, 0.1) is 18.6 Å². The third-order valence-electron chi connectivity index (χ3n) is 6.44. The molecule has 4 nitrogen and oxygen atoms in total. The van der Waals surface area contributed by atoms with E-state index in [0.29, 0.717) is 19.1 Å². The molecule has 2 N–H and O–H groups in total. The fourth-order valence-corrected chi connectivity index (χ4v) is 4.14. The molecule has 0 amide bonds. The molecule has 0 heterocycles. The molecule has 0 aliphatic heterocycles. The van der Waals surface area contributed by atoms with Crippen LogP contribution in [-0.4, -0.2) is 37.4 Å². The lowest BCUT2D eigenvalue weighted by atomic mass is 9.87. The van der Waals surface area contributed by atoms with Crippen LogP contribution in [0.3, 0.4) is 0 Å². The molecule has 0 radical (unpaired) electrons. The van der Waals surface area contributed by atoms with Crippen LogP contribution >= 0.6 is 0 Å². The minimum atomic E-state index is -0.382. The number of aliphatic hydroxyl groups excluding tert-OH is 1. The number of nitrogens with one attached hydrogen (secondary N) is 1. The first-order chi connectivity index (χ1) is 15.0. The van der Waals surface area contributed by atoms with Gasteiger partial charge >= 0.3 is 5.97 Å². The predicted octanol–water partition coefficient (Wildman–Crippen LogP) is 7.04. The molecule has 186 valence electrons. The fraction of sp³-hybridized carbons (Fsp3) is 0.963. The molecule has 4 heteroatoms. The Balaban J connectivity index is 4.09. The van der Waals surface area contributed by atoms with Crippen LogP contribution < -0.4 is 5.32 Å². The topological polar surface area (TPSA) is 58.6 Å². The molecule has 0 spiro atoms. The highest BCUT2D eigenvalue weighted by molar-refractivity contribution is 5.75. The van der Waals surface area contributed by atoms with E-state index in [1.54, 1.807) is 0 Å². The third kappa shape index (κ3) is 18.6. The molecule has 0 aromatic rings. The molecule has 0 aliphatic carbocycles. The second kappa shape index (κ2) is 21.2. The highest BCUT2D eigenvalue weighted by Crippen LogP contribution is 2.27. The summed E-state index contributed by atoms with van der Waals surface area (Å²) in [5.41, 5.74) is -0.382. The van der Waals surface area contributed by atoms with Crippen molar-refractivity contribution in [1.29, 1.82) is 0 Å². The minimum Gasteiger partial charge on any atom is -0.465 e. The summed E-state index contributed by atoms with van der Waals surface area (Å²) >= 11 is 0. The van der Waals surface area contributed by atoms with Crippen LogP contribution in [0.25, 0.3) is 0 Å². The van der Waals surface area contributed by atoms with E-state index in [9.17, 15) is 4.79 Å². The number of esters is 1. The number of hydrogen-bond donors (Lipinski definition) is 2. The maximum absolute atomic E-state index is 12.6. The first kappa shape index (κ1) is 30.4. The number of ether oxygens (including phenoxy) is 1. The summed E-state index contributed by atoms with van der Waals surface area (Å²) < 4.78 is 5.74. The van der Waals surface area contributed by atoms with Crippen molar-refractivity contribution in [3.8, 4) is 0 Å². The summed E-state index contributed by atoms with van der Waals surface area (Å²) in [7, 11) is 0. The van der Waals surface area contributed by atoms with Gasteiger partial charge in [-0.1, -0.05) is 97.3 Å². The van der Waals surface area contributed by atoms with Gasteiger partial charge in [-0.15, -0.1) is 0 Å². The largest absolute Gasteiger partial charge is 0.465 e. The highest BCUT2D eigenvalue weighted by Gasteiger charge is 2.28. The van der Waals surface area contributed by atoms with Crippen molar-refractivity contribution in [2.24, 2.45) is 11.3 Å². The average Bonchev–Trinajstić information content (AvgIpc) is 2.75. The van der Waals surface area contributed by atoms with E-state index in [1.807, 2.05) is 13.8 Å². The zero-order valence-corrected chi connectivity index (χ0v) is 21.5. The molecular weight excluding hydrogens is 386 g/mol. The first-order valence-corrected chi connectivity index (χ1v) is 13.5. The van der Waals surface area contributed by atoms with E-state index in [4.69, 9.17) is 9.84 Å². The standard InChI is InChI=1S/C27H55NO3/c1-5-7-9-13-17-25(18-14-10-8-6-2)19-24-31-26(30)27(3,4)20-15-11-12-16-21-28-22-23-29/h25,28-29H,5-24H2,1-4H3. The van der Waals surface area contributed by atoms with Gasteiger partial charge in [-0.25, -0.2) is 0 Å². The Morgan fingerprint density at radius 2 is 1.39 bits per heavy atom. The summed E-state index contributed by atoms with van der Waals surface area (Å²) in [6.45, 7) is 11.0. The van der Waals surface area contributed by atoms with Crippen molar-refractivity contribution < 1.29 is 14.6 Å². The molecule has 31 heavy (non-hydrogen) atoms. The summed E-state index contributed by atoms with van der Waals surface area (Å²) in [5.74, 6) is 0.692. The second-order valence-corrected chi connectivity index (χ2v) is 10.0. The lowest BCUT2D eigenvalue weighted by Gasteiger charge is -2.23. The van der Waals surface area contributed by atoms with Crippen molar-refractivity contribution in [3.05, 3.63) is 0 Å². The molecule has 0 saturated carbocycles. The van der Waals surface area contributed by atoms with Crippen molar-refractivity contribution >= 4 is 5.97 Å². The number of carbonyl (C=O) groups excluding carboxylic acids is 1. The number of hydrogen-bond acceptors (Lipinski definition) is 4. The number of aliphatic hydroxyl groups is 1. The van der Waals surface area contributed by atoms with Crippen LogP contribution in [0.1, 0.15) is 130 Å². The summed E-state index contributed by atoms with van der Waals surface area (Å²) in [6, 6.07) is 0. The number of carbonyl (C=O) groups is 1. The van der Waals surface area contributed by atoms with E-state index in [0.717, 1.165) is 38.6 Å². The van der Waals surface area contributed by atoms with E-state index >= 15 is 0 Å². The van der Waals surface area contributed by atoms with Crippen LogP contribution in [0.2, 0.25) is 0 Å². The zero-order chi connectivity index (χ0) is 23.2. The Kier molecular flexibility index (Phi) is 20.8. The molecule has 0 saturated heterocycles. The maximum Gasteiger partial charge on any atom is 0.311 e. The van der Waals surface area contributed by atoms with Crippen molar-refractivity contribution in [3.63, 3.8) is 0 Å². The van der Waals surface area contributed by atoms with Crippen LogP contribution in [-0.2, 0) is 9.53 Å². The van der Waals surface area contributed by atoms with Gasteiger partial charge in [-0.3, -0.25) is 4.79 Å². The van der Waals surface area contributed by atoms with Gasteiger partial charge in [0.15, 0.2) is 0 Å².